The Hall–Kier alpha value is -3.37. The summed E-state index contributed by atoms with van der Waals surface area (Å²) in [5, 5.41) is 28.1. The maximum Gasteiger partial charge on any atom is 0.334 e. The van der Waals surface area contributed by atoms with Gasteiger partial charge in [-0.2, -0.15) is 0 Å². The molecule has 37 heavy (non-hydrogen) atoms. The summed E-state index contributed by atoms with van der Waals surface area (Å²) in [5.74, 6) is -2.43. The number of aliphatic carboxylic acids is 2. The molecule has 0 spiro atoms. The van der Waals surface area contributed by atoms with Crippen molar-refractivity contribution in [3.63, 3.8) is 0 Å². The summed E-state index contributed by atoms with van der Waals surface area (Å²) in [6, 6.07) is 6.32. The van der Waals surface area contributed by atoms with Crippen molar-refractivity contribution in [3.8, 4) is 0 Å². The van der Waals surface area contributed by atoms with Crippen LogP contribution in [0.25, 0.3) is 0 Å². The average Bonchev–Trinajstić information content (AvgIpc) is 3.66. The Morgan fingerprint density at radius 3 is 2.19 bits per heavy atom. The van der Waals surface area contributed by atoms with E-state index in [-0.39, 0.29) is 17.2 Å². The number of hydrogen-bond donors (Lipinski definition) is 5. The fourth-order valence-electron chi connectivity index (χ4n) is 5.23. The summed E-state index contributed by atoms with van der Waals surface area (Å²) in [5.41, 5.74) is 1.66. The quantitative estimate of drug-likeness (QED) is 0.303. The first kappa shape index (κ1) is 26.7. The monoisotopic (exact) mass is 511 g/mol. The van der Waals surface area contributed by atoms with Gasteiger partial charge in [-0.15, -0.1) is 0 Å². The lowest BCUT2D eigenvalue weighted by molar-refractivity contribution is -0.133. The van der Waals surface area contributed by atoms with Crippen molar-refractivity contribution in [1.82, 2.24) is 20.4 Å². The molecule has 2 amide bonds. The molecule has 1 aromatic carbocycles. The minimum absolute atomic E-state index is 0.0297. The van der Waals surface area contributed by atoms with Gasteiger partial charge in [-0.25, -0.2) is 14.4 Å². The van der Waals surface area contributed by atoms with Crippen LogP contribution in [-0.4, -0.2) is 83.8 Å². The smallest absolute Gasteiger partial charge is 0.334 e. The number of carbonyl (C=O) groups excluding carboxylic acids is 1. The molecule has 2 heterocycles. The molecule has 1 aliphatic carbocycles. The van der Waals surface area contributed by atoms with E-state index in [1.54, 1.807) is 38.1 Å². The zero-order valence-corrected chi connectivity index (χ0v) is 21.5. The number of carbonyl (C=O) groups is 3. The van der Waals surface area contributed by atoms with Gasteiger partial charge in [-0.3, -0.25) is 0 Å². The Morgan fingerprint density at radius 1 is 0.973 bits per heavy atom. The molecule has 0 radical (unpaired) electrons. The molecule has 200 valence electrons. The van der Waals surface area contributed by atoms with Gasteiger partial charge in [0, 0.05) is 56.4 Å². The van der Waals surface area contributed by atoms with E-state index in [1.807, 2.05) is 0 Å². The van der Waals surface area contributed by atoms with Crippen LogP contribution in [0.2, 0.25) is 0 Å². The summed E-state index contributed by atoms with van der Waals surface area (Å²) in [7, 11) is 0. The van der Waals surface area contributed by atoms with E-state index < -0.39 is 17.9 Å². The van der Waals surface area contributed by atoms with E-state index in [0.717, 1.165) is 45.1 Å². The Morgan fingerprint density at radius 2 is 1.59 bits per heavy atom. The van der Waals surface area contributed by atoms with Crippen molar-refractivity contribution in [3.05, 3.63) is 52.4 Å². The number of urea groups is 1. The highest BCUT2D eigenvalue weighted by Crippen LogP contribution is 2.39. The van der Waals surface area contributed by atoms with Gasteiger partial charge in [0.2, 0.25) is 0 Å². The van der Waals surface area contributed by atoms with Gasteiger partial charge < -0.3 is 36.0 Å². The number of allylic oxidation sites excluding steroid dienone is 2. The van der Waals surface area contributed by atoms with Crippen molar-refractivity contribution < 1.29 is 24.6 Å². The molecule has 5 N–H and O–H groups in total. The van der Waals surface area contributed by atoms with Crippen LogP contribution in [0, 0.1) is 5.92 Å². The number of amides is 2. The third-order valence-electron chi connectivity index (χ3n) is 7.31. The van der Waals surface area contributed by atoms with Crippen molar-refractivity contribution in [2.24, 2.45) is 5.92 Å². The number of piperazine rings is 1. The Labute approximate surface area is 217 Å². The van der Waals surface area contributed by atoms with E-state index in [4.69, 9.17) is 0 Å². The van der Waals surface area contributed by atoms with Crippen LogP contribution in [0.15, 0.2) is 46.8 Å². The van der Waals surface area contributed by atoms with Gasteiger partial charge in [0.05, 0.1) is 17.1 Å². The highest BCUT2D eigenvalue weighted by Gasteiger charge is 2.36. The van der Waals surface area contributed by atoms with Crippen LogP contribution >= 0.6 is 0 Å². The predicted molar refractivity (Wildman–Crippen MR) is 140 cm³/mol. The van der Waals surface area contributed by atoms with Gasteiger partial charge in [0.25, 0.3) is 0 Å². The normalized spacial score (nSPS) is 19.5. The highest BCUT2D eigenvalue weighted by molar-refractivity contribution is 5.98. The van der Waals surface area contributed by atoms with E-state index in [1.165, 1.54) is 19.4 Å². The van der Waals surface area contributed by atoms with Crippen molar-refractivity contribution >= 4 is 23.7 Å². The topological polar surface area (TPSA) is 134 Å². The number of nitrogens with one attached hydrogen (secondary N) is 3. The van der Waals surface area contributed by atoms with Crippen LogP contribution in [0.5, 0.6) is 0 Å². The molecule has 0 unspecified atom stereocenters. The molecule has 4 rings (SSSR count). The fraction of sp³-hybridized carbons (Fsp3) is 0.519. The average molecular weight is 512 g/mol. The van der Waals surface area contributed by atoms with E-state index in [0.29, 0.717) is 29.2 Å². The lowest BCUT2D eigenvalue weighted by atomic mass is 9.80. The largest absolute Gasteiger partial charge is 0.478 e. The summed E-state index contributed by atoms with van der Waals surface area (Å²) in [6.07, 6.45) is 3.62. The van der Waals surface area contributed by atoms with Crippen LogP contribution < -0.4 is 16.0 Å². The van der Waals surface area contributed by atoms with Gasteiger partial charge in [-0.1, -0.05) is 12.1 Å². The zero-order valence-electron chi connectivity index (χ0n) is 21.5. The van der Waals surface area contributed by atoms with Crippen LogP contribution in [0.1, 0.15) is 44.6 Å². The maximum absolute atomic E-state index is 12.5. The Balaban J connectivity index is 1.30. The minimum Gasteiger partial charge on any atom is -0.478 e. The lowest BCUT2D eigenvalue weighted by Gasteiger charge is -2.34. The number of benzene rings is 1. The van der Waals surface area contributed by atoms with Gasteiger partial charge in [0.1, 0.15) is 0 Å². The fourth-order valence-corrected chi connectivity index (χ4v) is 5.23. The Bertz CT molecular complexity index is 1070. The lowest BCUT2D eigenvalue weighted by Crippen LogP contribution is -2.47. The number of carboxylic acid groups (broad SMARTS) is 2. The molecular weight excluding hydrogens is 474 g/mol. The van der Waals surface area contributed by atoms with Crippen LogP contribution in [-0.2, 0) is 9.59 Å². The number of anilines is 1. The molecule has 0 bridgehead atoms. The summed E-state index contributed by atoms with van der Waals surface area (Å²) in [6.45, 7) is 10.3. The van der Waals surface area contributed by atoms with Crippen molar-refractivity contribution in [2.75, 3.05) is 51.1 Å². The third kappa shape index (κ3) is 6.90. The molecule has 1 aromatic rings. The standard InChI is InChI=1S/C27H37N5O5/c1-17-22(25(33)34)24(23(26(35)36)18(2)29-17)20-5-3-6-21(15-20)30-27(37)28-9-4-10-31-11-13-32(14-12-31)16-19-7-8-19/h3,5-6,15,19,24,29H,4,7-14,16H2,1-2H3,(H,33,34)(H,35,36)(H2,28,30,37). The molecule has 0 atom stereocenters. The van der Waals surface area contributed by atoms with Crippen molar-refractivity contribution in [1.29, 1.82) is 0 Å². The second-order valence-electron chi connectivity index (χ2n) is 10.2. The molecule has 1 saturated heterocycles. The number of nitrogens with zero attached hydrogens (tertiary/aromatic N) is 2. The maximum atomic E-state index is 12.5. The summed E-state index contributed by atoms with van der Waals surface area (Å²) >= 11 is 0. The molecule has 1 saturated carbocycles. The Kier molecular flexibility index (Phi) is 8.50. The van der Waals surface area contributed by atoms with Gasteiger partial charge in [-0.05, 0) is 63.3 Å². The summed E-state index contributed by atoms with van der Waals surface area (Å²) in [4.78, 5) is 41.5. The first-order valence-electron chi connectivity index (χ1n) is 13.0. The molecule has 10 heteroatoms. The molecule has 10 nitrogen and oxygen atoms in total. The number of rotatable bonds is 10. The molecule has 2 fully saturated rings. The molecule has 2 aliphatic heterocycles. The van der Waals surface area contributed by atoms with Crippen LogP contribution in [0.4, 0.5) is 10.5 Å². The zero-order chi connectivity index (χ0) is 26.5. The predicted octanol–water partition coefficient (Wildman–Crippen LogP) is 2.63. The van der Waals surface area contributed by atoms with E-state index >= 15 is 0 Å². The molecule has 3 aliphatic rings. The highest BCUT2D eigenvalue weighted by atomic mass is 16.4. The molecular formula is C27H37N5O5. The molecule has 0 aromatic heterocycles. The van der Waals surface area contributed by atoms with E-state index in [2.05, 4.69) is 25.8 Å². The first-order valence-corrected chi connectivity index (χ1v) is 13.0. The number of hydrogen-bond acceptors (Lipinski definition) is 6. The van der Waals surface area contributed by atoms with Gasteiger partial charge in [0.15, 0.2) is 0 Å². The first-order chi connectivity index (χ1) is 17.7. The van der Waals surface area contributed by atoms with Crippen LogP contribution in [0.3, 0.4) is 0 Å². The number of dihydropyridines is 1. The number of carboxylic acids is 2. The van der Waals surface area contributed by atoms with E-state index in [9.17, 15) is 24.6 Å². The second kappa shape index (κ2) is 11.8. The van der Waals surface area contributed by atoms with Crippen molar-refractivity contribution in [2.45, 2.75) is 39.0 Å². The third-order valence-corrected chi connectivity index (χ3v) is 7.31. The minimum atomic E-state index is -1.19. The SMILES string of the molecule is CC1=C(C(=O)O)C(c2cccc(NC(=O)NCCCN3CCN(CC4CC4)CC3)c2)C(C(=O)O)=C(C)N1. The summed E-state index contributed by atoms with van der Waals surface area (Å²) < 4.78 is 0. The van der Waals surface area contributed by atoms with Gasteiger partial charge >= 0.3 is 18.0 Å². The second-order valence-corrected chi connectivity index (χ2v) is 10.2.